The lowest BCUT2D eigenvalue weighted by atomic mass is 9.92. The molecule has 3 aromatic rings. The van der Waals surface area contributed by atoms with Crippen LogP contribution in [0.2, 0.25) is 5.02 Å². The molecule has 1 aliphatic heterocycles. The summed E-state index contributed by atoms with van der Waals surface area (Å²) in [5.74, 6) is 0.761. The highest BCUT2D eigenvalue weighted by atomic mass is 35.5. The van der Waals surface area contributed by atoms with Gasteiger partial charge in [0.15, 0.2) is 0 Å². The number of halogens is 1. The lowest BCUT2D eigenvalue weighted by Crippen LogP contribution is -1.96. The van der Waals surface area contributed by atoms with Gasteiger partial charge in [0.05, 0.1) is 4.92 Å². The molecule has 0 aromatic heterocycles. The maximum absolute atomic E-state index is 11.1. The molecule has 0 atom stereocenters. The summed E-state index contributed by atoms with van der Waals surface area (Å²) in [4.78, 5) is 10.7. The molecule has 0 unspecified atom stereocenters. The monoisotopic (exact) mass is 363 g/mol. The summed E-state index contributed by atoms with van der Waals surface area (Å²) in [7, 11) is 0. The Balaban J connectivity index is 1.96. The fourth-order valence-electron chi connectivity index (χ4n) is 3.12. The van der Waals surface area contributed by atoms with Gasteiger partial charge in [-0.15, -0.1) is 0 Å². The Kier molecular flexibility index (Phi) is 4.19. The molecule has 0 N–H and O–H groups in total. The van der Waals surface area contributed by atoms with Gasteiger partial charge in [0.2, 0.25) is 0 Å². The van der Waals surface area contributed by atoms with Gasteiger partial charge in [-0.1, -0.05) is 54.1 Å². The number of para-hydroxylation sites is 1. The van der Waals surface area contributed by atoms with E-state index in [-0.39, 0.29) is 5.69 Å². The quantitative estimate of drug-likeness (QED) is 0.431. The van der Waals surface area contributed by atoms with E-state index in [0.29, 0.717) is 11.6 Å². The summed E-state index contributed by atoms with van der Waals surface area (Å²) >= 11 is 6.40. The van der Waals surface area contributed by atoms with E-state index in [2.05, 4.69) is 0 Å². The highest BCUT2D eigenvalue weighted by Gasteiger charge is 2.20. The zero-order valence-electron chi connectivity index (χ0n) is 13.7. The second kappa shape index (κ2) is 6.65. The van der Waals surface area contributed by atoms with Crippen LogP contribution in [0.15, 0.2) is 66.7 Å². The van der Waals surface area contributed by atoms with Crippen LogP contribution < -0.4 is 4.74 Å². The Bertz CT molecular complexity index is 1040. The molecule has 0 saturated carbocycles. The number of fused-ring (bicyclic) bond motifs is 2. The third-order valence-corrected chi connectivity index (χ3v) is 4.70. The first-order chi connectivity index (χ1) is 12.6. The standard InChI is InChI=1S/C21H14ClNO3/c22-20-9-4-8-16-18(12-14-5-3-6-15(11-14)23(24)25)17-7-1-2-10-21(17)26-13-19(16)20/h1-12H,13H2/b18-12+. The van der Waals surface area contributed by atoms with Crippen LogP contribution in [0.1, 0.15) is 22.3 Å². The van der Waals surface area contributed by atoms with E-state index in [4.69, 9.17) is 16.3 Å². The first-order valence-corrected chi connectivity index (χ1v) is 8.47. The van der Waals surface area contributed by atoms with Crippen LogP contribution in [0.4, 0.5) is 5.69 Å². The van der Waals surface area contributed by atoms with Crippen LogP contribution in [0, 0.1) is 10.1 Å². The van der Waals surface area contributed by atoms with Gasteiger partial charge < -0.3 is 4.74 Å². The summed E-state index contributed by atoms with van der Waals surface area (Å²) in [6.45, 7) is 0.373. The van der Waals surface area contributed by atoms with Crippen molar-refractivity contribution >= 4 is 28.9 Å². The molecule has 0 fully saturated rings. The van der Waals surface area contributed by atoms with Gasteiger partial charge >= 0.3 is 0 Å². The topological polar surface area (TPSA) is 52.4 Å². The van der Waals surface area contributed by atoms with Crippen molar-refractivity contribution in [1.29, 1.82) is 0 Å². The first-order valence-electron chi connectivity index (χ1n) is 8.09. The average molecular weight is 364 g/mol. The lowest BCUT2D eigenvalue weighted by molar-refractivity contribution is -0.384. The first kappa shape index (κ1) is 16.4. The summed E-state index contributed by atoms with van der Waals surface area (Å²) < 4.78 is 5.95. The summed E-state index contributed by atoms with van der Waals surface area (Å²) in [6.07, 6.45) is 1.94. The Morgan fingerprint density at radius 1 is 1.00 bits per heavy atom. The van der Waals surface area contributed by atoms with Gasteiger partial charge in [0.25, 0.3) is 5.69 Å². The number of nitro groups is 1. The molecule has 1 heterocycles. The minimum Gasteiger partial charge on any atom is -0.488 e. The van der Waals surface area contributed by atoms with Crippen molar-refractivity contribution in [2.45, 2.75) is 6.61 Å². The number of hydrogen-bond donors (Lipinski definition) is 0. The van der Waals surface area contributed by atoms with Crippen LogP contribution in [0.3, 0.4) is 0 Å². The molecule has 1 aliphatic rings. The summed E-state index contributed by atoms with van der Waals surface area (Å²) in [5.41, 5.74) is 4.53. The van der Waals surface area contributed by atoms with Crippen LogP contribution in [0.5, 0.6) is 5.75 Å². The van der Waals surface area contributed by atoms with E-state index in [1.807, 2.05) is 54.6 Å². The molecule has 0 spiro atoms. The number of non-ortho nitro benzene ring substituents is 1. The predicted octanol–water partition coefficient (Wildman–Crippen LogP) is 5.73. The highest BCUT2D eigenvalue weighted by molar-refractivity contribution is 6.31. The molecular weight excluding hydrogens is 350 g/mol. The van der Waals surface area contributed by atoms with Gasteiger partial charge in [-0.2, -0.15) is 0 Å². The van der Waals surface area contributed by atoms with E-state index < -0.39 is 4.92 Å². The largest absolute Gasteiger partial charge is 0.488 e. The molecule has 3 aromatic carbocycles. The van der Waals surface area contributed by atoms with Crippen LogP contribution in [-0.4, -0.2) is 4.92 Å². The normalized spacial score (nSPS) is 14.1. The molecule has 0 amide bonds. The number of ether oxygens (including phenoxy) is 1. The Labute approximate surface area is 155 Å². The lowest BCUT2D eigenvalue weighted by Gasteiger charge is -2.11. The molecule has 0 aliphatic carbocycles. The molecule has 0 bridgehead atoms. The van der Waals surface area contributed by atoms with Crippen molar-refractivity contribution in [2.24, 2.45) is 0 Å². The van der Waals surface area contributed by atoms with Gasteiger partial charge in [-0.3, -0.25) is 10.1 Å². The molecule has 0 saturated heterocycles. The van der Waals surface area contributed by atoms with Crippen molar-refractivity contribution in [3.8, 4) is 5.75 Å². The molecule has 0 radical (unpaired) electrons. The fourth-order valence-corrected chi connectivity index (χ4v) is 3.35. The number of nitro benzene ring substituents is 1. The molecule has 5 heteroatoms. The smallest absolute Gasteiger partial charge is 0.270 e. The van der Waals surface area contributed by atoms with E-state index in [1.165, 1.54) is 6.07 Å². The maximum Gasteiger partial charge on any atom is 0.270 e. The van der Waals surface area contributed by atoms with Gasteiger partial charge in [-0.05, 0) is 34.9 Å². The second-order valence-electron chi connectivity index (χ2n) is 5.96. The van der Waals surface area contributed by atoms with E-state index in [0.717, 1.165) is 33.6 Å². The molecular formula is C21H14ClNO3. The van der Waals surface area contributed by atoms with Gasteiger partial charge in [0.1, 0.15) is 12.4 Å². The molecule has 128 valence electrons. The summed E-state index contributed by atoms with van der Waals surface area (Å²) in [6, 6.07) is 20.1. The predicted molar refractivity (Wildman–Crippen MR) is 102 cm³/mol. The molecule has 26 heavy (non-hydrogen) atoms. The van der Waals surface area contributed by atoms with E-state index in [9.17, 15) is 10.1 Å². The zero-order valence-corrected chi connectivity index (χ0v) is 14.4. The fraction of sp³-hybridized carbons (Fsp3) is 0.0476. The average Bonchev–Trinajstić information content (AvgIpc) is 2.81. The number of nitrogens with zero attached hydrogens (tertiary/aromatic N) is 1. The number of rotatable bonds is 2. The molecule has 4 nitrogen and oxygen atoms in total. The van der Waals surface area contributed by atoms with Crippen LogP contribution in [-0.2, 0) is 6.61 Å². The second-order valence-corrected chi connectivity index (χ2v) is 6.37. The van der Waals surface area contributed by atoms with Crippen molar-refractivity contribution in [2.75, 3.05) is 0 Å². The number of benzene rings is 3. The highest BCUT2D eigenvalue weighted by Crippen LogP contribution is 2.39. The van der Waals surface area contributed by atoms with Crippen LogP contribution >= 0.6 is 11.6 Å². The number of hydrogen-bond acceptors (Lipinski definition) is 3. The summed E-state index contributed by atoms with van der Waals surface area (Å²) in [5, 5.41) is 11.7. The SMILES string of the molecule is O=[N+]([O-])c1cccc(/C=C2/c3ccccc3OCc3c(Cl)cccc32)c1. The van der Waals surface area contributed by atoms with E-state index in [1.54, 1.807) is 12.1 Å². The minimum absolute atomic E-state index is 0.0591. The minimum atomic E-state index is -0.392. The van der Waals surface area contributed by atoms with Gasteiger partial charge in [-0.25, -0.2) is 0 Å². The Hall–Kier alpha value is -3.11. The third kappa shape index (κ3) is 2.95. The Morgan fingerprint density at radius 3 is 2.62 bits per heavy atom. The van der Waals surface area contributed by atoms with Crippen LogP contribution in [0.25, 0.3) is 11.6 Å². The van der Waals surface area contributed by atoms with Crippen molar-refractivity contribution in [3.05, 3.63) is 104 Å². The Morgan fingerprint density at radius 2 is 1.77 bits per heavy atom. The molecule has 4 rings (SSSR count). The van der Waals surface area contributed by atoms with Crippen molar-refractivity contribution in [1.82, 2.24) is 0 Å². The van der Waals surface area contributed by atoms with E-state index >= 15 is 0 Å². The maximum atomic E-state index is 11.1. The van der Waals surface area contributed by atoms with Crippen molar-refractivity contribution < 1.29 is 9.66 Å². The third-order valence-electron chi connectivity index (χ3n) is 4.35. The van der Waals surface area contributed by atoms with Crippen molar-refractivity contribution in [3.63, 3.8) is 0 Å². The van der Waals surface area contributed by atoms with Gasteiger partial charge in [0, 0.05) is 28.3 Å². The zero-order chi connectivity index (χ0) is 18.1.